The molecule has 0 bridgehead atoms. The summed E-state index contributed by atoms with van der Waals surface area (Å²) in [5, 5.41) is 0.601. The first kappa shape index (κ1) is 6.42. The predicted molar refractivity (Wildman–Crippen MR) is 44.8 cm³/mol. The van der Waals surface area contributed by atoms with E-state index in [1.54, 1.807) is 18.2 Å². The molecule has 0 radical (unpaired) electrons. The van der Waals surface area contributed by atoms with Crippen LogP contribution in [0.2, 0.25) is 0 Å². The standard InChI is InChI=1S/C7H5NO2S/c8-4-1-2-5-6(3-4)11-10-7(5)9/h1-3H,8H2. The highest BCUT2D eigenvalue weighted by Gasteiger charge is 2.01. The lowest BCUT2D eigenvalue weighted by Crippen LogP contribution is -1.90. The fourth-order valence-corrected chi connectivity index (χ4v) is 1.58. The van der Waals surface area contributed by atoms with Crippen LogP contribution in [0.3, 0.4) is 0 Å². The van der Waals surface area contributed by atoms with Gasteiger partial charge in [0.15, 0.2) is 0 Å². The van der Waals surface area contributed by atoms with E-state index in [2.05, 4.69) is 0 Å². The minimum absolute atomic E-state index is 0.287. The molecule has 2 N–H and O–H groups in total. The van der Waals surface area contributed by atoms with Crippen molar-refractivity contribution >= 4 is 27.4 Å². The van der Waals surface area contributed by atoms with Gasteiger partial charge in [-0.15, -0.1) is 0 Å². The van der Waals surface area contributed by atoms with E-state index in [0.717, 1.165) is 16.3 Å². The van der Waals surface area contributed by atoms with E-state index in [1.165, 1.54) is 0 Å². The molecule has 0 amide bonds. The van der Waals surface area contributed by atoms with Crippen molar-refractivity contribution in [3.8, 4) is 0 Å². The smallest absolute Gasteiger partial charge is 0.356 e. The van der Waals surface area contributed by atoms with Gasteiger partial charge >= 0.3 is 5.63 Å². The van der Waals surface area contributed by atoms with Gasteiger partial charge in [0.25, 0.3) is 0 Å². The molecule has 0 atom stereocenters. The van der Waals surface area contributed by atoms with Crippen LogP contribution in [0.15, 0.2) is 26.8 Å². The molecule has 0 spiro atoms. The third-order valence-corrected chi connectivity index (χ3v) is 2.18. The van der Waals surface area contributed by atoms with Crippen LogP contribution in [0.25, 0.3) is 10.1 Å². The molecule has 0 aliphatic carbocycles. The molecular weight excluding hydrogens is 162 g/mol. The second kappa shape index (κ2) is 2.10. The molecule has 0 unspecified atom stereocenters. The molecule has 0 aliphatic rings. The second-order valence-corrected chi connectivity index (χ2v) is 2.98. The zero-order valence-corrected chi connectivity index (χ0v) is 6.35. The van der Waals surface area contributed by atoms with Gasteiger partial charge in [-0.3, -0.25) is 0 Å². The van der Waals surface area contributed by atoms with Crippen LogP contribution in [0.5, 0.6) is 0 Å². The zero-order valence-electron chi connectivity index (χ0n) is 5.53. The largest absolute Gasteiger partial charge is 0.399 e. The van der Waals surface area contributed by atoms with E-state index in [4.69, 9.17) is 9.58 Å². The summed E-state index contributed by atoms with van der Waals surface area (Å²) >= 11 is 1.06. The summed E-state index contributed by atoms with van der Waals surface area (Å²) in [5.74, 6) is 0. The van der Waals surface area contributed by atoms with Crippen LogP contribution >= 0.6 is 11.6 Å². The Morgan fingerprint density at radius 1 is 1.45 bits per heavy atom. The monoisotopic (exact) mass is 167 g/mol. The van der Waals surface area contributed by atoms with Crippen LogP contribution in [-0.4, -0.2) is 0 Å². The normalized spacial score (nSPS) is 10.5. The summed E-state index contributed by atoms with van der Waals surface area (Å²) in [6, 6.07) is 5.09. The Morgan fingerprint density at radius 3 is 3.09 bits per heavy atom. The van der Waals surface area contributed by atoms with Crippen LogP contribution < -0.4 is 11.4 Å². The molecule has 56 valence electrons. The lowest BCUT2D eigenvalue weighted by Gasteiger charge is -1.87. The third kappa shape index (κ3) is 0.914. The Morgan fingerprint density at radius 2 is 2.27 bits per heavy atom. The van der Waals surface area contributed by atoms with E-state index in [9.17, 15) is 4.79 Å². The van der Waals surface area contributed by atoms with Crippen molar-refractivity contribution in [2.45, 2.75) is 0 Å². The first-order valence-electron chi connectivity index (χ1n) is 3.06. The van der Waals surface area contributed by atoms with Crippen LogP contribution in [0.1, 0.15) is 0 Å². The number of benzene rings is 1. The van der Waals surface area contributed by atoms with Crippen molar-refractivity contribution < 1.29 is 3.85 Å². The van der Waals surface area contributed by atoms with E-state index in [1.807, 2.05) is 0 Å². The van der Waals surface area contributed by atoms with E-state index in [0.29, 0.717) is 11.1 Å². The zero-order chi connectivity index (χ0) is 7.84. The average Bonchev–Trinajstić information content (AvgIpc) is 2.32. The van der Waals surface area contributed by atoms with Gasteiger partial charge in [0.1, 0.15) is 0 Å². The Hall–Kier alpha value is -1.29. The summed E-state index contributed by atoms with van der Waals surface area (Å²) in [7, 11) is 0. The molecule has 11 heavy (non-hydrogen) atoms. The Bertz CT molecular complexity index is 443. The highest BCUT2D eigenvalue weighted by Crippen LogP contribution is 2.18. The summed E-state index contributed by atoms with van der Waals surface area (Å²) in [5.41, 5.74) is 5.86. The fourth-order valence-electron chi connectivity index (χ4n) is 0.904. The molecule has 0 saturated carbocycles. The number of rotatable bonds is 0. The van der Waals surface area contributed by atoms with Gasteiger partial charge in [-0.2, -0.15) is 0 Å². The van der Waals surface area contributed by atoms with Crippen molar-refractivity contribution in [1.82, 2.24) is 0 Å². The van der Waals surface area contributed by atoms with Crippen molar-refractivity contribution in [2.75, 3.05) is 5.73 Å². The van der Waals surface area contributed by atoms with Gasteiger partial charge in [-0.25, -0.2) is 4.79 Å². The number of hydrogen-bond acceptors (Lipinski definition) is 4. The van der Waals surface area contributed by atoms with Gasteiger partial charge in [-0.1, -0.05) is 0 Å². The first-order chi connectivity index (χ1) is 5.27. The topological polar surface area (TPSA) is 56.2 Å². The maximum atomic E-state index is 10.9. The summed E-state index contributed by atoms with van der Waals surface area (Å²) < 4.78 is 5.50. The number of nitrogens with two attached hydrogens (primary N) is 1. The Labute approximate surface area is 66.3 Å². The van der Waals surface area contributed by atoms with Crippen LogP contribution in [-0.2, 0) is 0 Å². The van der Waals surface area contributed by atoms with Gasteiger partial charge in [0.05, 0.1) is 10.1 Å². The summed E-state index contributed by atoms with van der Waals surface area (Å²) in [6.45, 7) is 0. The number of fused-ring (bicyclic) bond motifs is 1. The number of nitrogen functional groups attached to an aromatic ring is 1. The molecule has 4 heteroatoms. The average molecular weight is 167 g/mol. The van der Waals surface area contributed by atoms with Crippen molar-refractivity contribution in [3.05, 3.63) is 28.6 Å². The Kier molecular flexibility index (Phi) is 1.22. The lowest BCUT2D eigenvalue weighted by atomic mass is 10.2. The van der Waals surface area contributed by atoms with Crippen molar-refractivity contribution in [1.29, 1.82) is 0 Å². The van der Waals surface area contributed by atoms with Gasteiger partial charge < -0.3 is 9.58 Å². The molecule has 3 nitrogen and oxygen atoms in total. The first-order valence-corrected chi connectivity index (χ1v) is 3.80. The summed E-state index contributed by atoms with van der Waals surface area (Å²) in [4.78, 5) is 10.9. The molecular formula is C7H5NO2S. The minimum atomic E-state index is -0.287. The predicted octanol–water partition coefficient (Wildman–Crippen LogP) is 1.44. The minimum Gasteiger partial charge on any atom is -0.399 e. The lowest BCUT2D eigenvalue weighted by molar-refractivity contribution is 0.651. The quantitative estimate of drug-likeness (QED) is 0.604. The molecule has 0 saturated heterocycles. The highest BCUT2D eigenvalue weighted by molar-refractivity contribution is 7.10. The van der Waals surface area contributed by atoms with E-state index in [-0.39, 0.29) is 5.63 Å². The van der Waals surface area contributed by atoms with Crippen molar-refractivity contribution in [2.24, 2.45) is 0 Å². The molecule has 2 rings (SSSR count). The van der Waals surface area contributed by atoms with Crippen LogP contribution in [0.4, 0.5) is 5.69 Å². The van der Waals surface area contributed by atoms with E-state index < -0.39 is 0 Å². The number of anilines is 1. The molecule has 1 heterocycles. The molecule has 0 fully saturated rings. The molecule has 1 aromatic carbocycles. The van der Waals surface area contributed by atoms with Gasteiger partial charge in [-0.05, 0) is 18.2 Å². The second-order valence-electron chi connectivity index (χ2n) is 2.21. The SMILES string of the molecule is Nc1ccc2c(=O)osc2c1. The molecule has 1 aromatic heterocycles. The maximum Gasteiger partial charge on any atom is 0.356 e. The fraction of sp³-hybridized carbons (Fsp3) is 0. The van der Waals surface area contributed by atoms with E-state index >= 15 is 0 Å². The Balaban J connectivity index is 2.97. The number of hydrogen-bond donors (Lipinski definition) is 1. The third-order valence-electron chi connectivity index (χ3n) is 1.43. The highest BCUT2D eigenvalue weighted by atomic mass is 32.1. The molecule has 2 aromatic rings. The van der Waals surface area contributed by atoms with Gasteiger partial charge in [0, 0.05) is 17.3 Å². The maximum absolute atomic E-state index is 10.9. The van der Waals surface area contributed by atoms with Crippen molar-refractivity contribution in [3.63, 3.8) is 0 Å². The molecule has 0 aliphatic heterocycles. The van der Waals surface area contributed by atoms with Crippen LogP contribution in [0, 0.1) is 0 Å². The van der Waals surface area contributed by atoms with Gasteiger partial charge in [0.2, 0.25) is 0 Å². The summed E-state index contributed by atoms with van der Waals surface area (Å²) in [6.07, 6.45) is 0.